The highest BCUT2D eigenvalue weighted by atomic mass is 32.2. The van der Waals surface area contributed by atoms with Crippen molar-refractivity contribution >= 4 is 27.4 Å². The van der Waals surface area contributed by atoms with Gasteiger partial charge >= 0.3 is 6.03 Å². The Morgan fingerprint density at radius 2 is 1.71 bits per heavy atom. The van der Waals surface area contributed by atoms with Crippen LogP contribution >= 0.6 is 0 Å². The summed E-state index contributed by atoms with van der Waals surface area (Å²) in [7, 11) is -3.99. The molecule has 0 bridgehead atoms. The van der Waals surface area contributed by atoms with Gasteiger partial charge in [-0.3, -0.25) is 0 Å². The topological polar surface area (TPSA) is 101 Å². The van der Waals surface area contributed by atoms with Crippen LogP contribution in [0.4, 0.5) is 20.6 Å². The minimum Gasteiger partial charge on any atom is -0.308 e. The molecule has 0 radical (unpaired) electrons. The Hall–Kier alpha value is -2.45. The van der Waals surface area contributed by atoms with E-state index in [0.29, 0.717) is 5.69 Å². The van der Waals surface area contributed by atoms with E-state index < -0.39 is 21.9 Å². The number of anilines is 2. The first kappa shape index (κ1) is 14.9. The van der Waals surface area contributed by atoms with Gasteiger partial charge in [0.2, 0.25) is 10.0 Å². The van der Waals surface area contributed by atoms with Crippen LogP contribution in [0.5, 0.6) is 0 Å². The van der Waals surface area contributed by atoms with Crippen LogP contribution in [0.25, 0.3) is 0 Å². The van der Waals surface area contributed by atoms with Gasteiger partial charge in [-0.25, -0.2) is 22.7 Å². The molecule has 8 heteroatoms. The van der Waals surface area contributed by atoms with Crippen LogP contribution in [-0.4, -0.2) is 14.4 Å². The van der Waals surface area contributed by atoms with Crippen molar-refractivity contribution in [1.82, 2.24) is 0 Å². The molecule has 0 aromatic heterocycles. The van der Waals surface area contributed by atoms with Gasteiger partial charge in [0.15, 0.2) is 0 Å². The molecule has 0 saturated heterocycles. The van der Waals surface area contributed by atoms with Crippen molar-refractivity contribution in [3.8, 4) is 0 Å². The first-order valence-electron chi connectivity index (χ1n) is 5.81. The van der Waals surface area contributed by atoms with Gasteiger partial charge in [-0.1, -0.05) is 18.2 Å². The number of nitrogens with two attached hydrogens (primary N) is 1. The number of rotatable bonds is 3. The summed E-state index contributed by atoms with van der Waals surface area (Å²) in [6.07, 6.45) is 0. The zero-order chi connectivity index (χ0) is 15.5. The molecule has 0 aliphatic rings. The van der Waals surface area contributed by atoms with Crippen LogP contribution < -0.4 is 15.8 Å². The predicted octanol–water partition coefficient (Wildman–Crippen LogP) is 2.12. The highest BCUT2D eigenvalue weighted by molar-refractivity contribution is 7.89. The number of carbonyl (C=O) groups is 1. The van der Waals surface area contributed by atoms with Gasteiger partial charge in [-0.05, 0) is 30.3 Å². The monoisotopic (exact) mass is 309 g/mol. The van der Waals surface area contributed by atoms with E-state index in [4.69, 9.17) is 5.14 Å². The fourth-order valence-electron chi connectivity index (χ4n) is 1.58. The molecule has 2 rings (SSSR count). The van der Waals surface area contributed by atoms with Crippen molar-refractivity contribution in [3.05, 3.63) is 54.3 Å². The number of primary sulfonamides is 1. The molecule has 0 aliphatic carbocycles. The summed E-state index contributed by atoms with van der Waals surface area (Å²) in [5, 5.41) is 9.66. The maximum Gasteiger partial charge on any atom is 0.323 e. The minimum absolute atomic E-state index is 0.157. The molecule has 2 amide bonds. The Morgan fingerprint density at radius 3 is 2.29 bits per heavy atom. The molecule has 4 N–H and O–H groups in total. The molecule has 0 heterocycles. The van der Waals surface area contributed by atoms with Gasteiger partial charge in [-0.15, -0.1) is 0 Å². The lowest BCUT2D eigenvalue weighted by molar-refractivity contribution is 0.262. The van der Waals surface area contributed by atoms with E-state index in [1.807, 2.05) is 0 Å². The summed E-state index contributed by atoms with van der Waals surface area (Å²) < 4.78 is 35.9. The fraction of sp³-hybridized carbons (Fsp3) is 0. The standard InChI is InChI=1S/C13H12FN3O3S/c14-11-8-10(21(15,19)20)6-7-12(11)17-13(18)16-9-4-2-1-3-5-9/h1-8H,(H2,15,19,20)(H2,16,17,18). The molecule has 2 aromatic rings. The number of carbonyl (C=O) groups excluding carboxylic acids is 1. The minimum atomic E-state index is -3.99. The first-order chi connectivity index (χ1) is 9.86. The third-order valence-corrected chi connectivity index (χ3v) is 3.46. The maximum atomic E-state index is 13.7. The summed E-state index contributed by atoms with van der Waals surface area (Å²) >= 11 is 0. The number of sulfonamides is 1. The average molecular weight is 309 g/mol. The summed E-state index contributed by atoms with van der Waals surface area (Å²) in [5.74, 6) is -0.898. The second-order valence-corrected chi connectivity index (χ2v) is 5.69. The lowest BCUT2D eigenvalue weighted by atomic mass is 10.3. The Bertz CT molecular complexity index is 763. The summed E-state index contributed by atoms with van der Waals surface area (Å²) in [6, 6.07) is 10.9. The SMILES string of the molecule is NS(=O)(=O)c1ccc(NC(=O)Nc2ccccc2)c(F)c1. The number of urea groups is 1. The molecule has 0 unspecified atom stereocenters. The van der Waals surface area contributed by atoms with Crippen molar-refractivity contribution < 1.29 is 17.6 Å². The van der Waals surface area contributed by atoms with Gasteiger partial charge < -0.3 is 10.6 Å². The second-order valence-electron chi connectivity index (χ2n) is 4.13. The summed E-state index contributed by atoms with van der Waals surface area (Å²) in [4.78, 5) is 11.3. The van der Waals surface area contributed by atoms with Crippen LogP contribution in [0.1, 0.15) is 0 Å². The van der Waals surface area contributed by atoms with E-state index in [2.05, 4.69) is 10.6 Å². The maximum absolute atomic E-state index is 13.7. The van der Waals surface area contributed by atoms with E-state index >= 15 is 0 Å². The van der Waals surface area contributed by atoms with Crippen LogP contribution in [-0.2, 0) is 10.0 Å². The number of amides is 2. The molecule has 21 heavy (non-hydrogen) atoms. The number of benzene rings is 2. The lowest BCUT2D eigenvalue weighted by Crippen LogP contribution is -2.20. The van der Waals surface area contributed by atoms with Gasteiger partial charge in [0.25, 0.3) is 0 Å². The first-order valence-corrected chi connectivity index (χ1v) is 7.36. The average Bonchev–Trinajstić information content (AvgIpc) is 2.41. The number of hydrogen-bond acceptors (Lipinski definition) is 3. The quantitative estimate of drug-likeness (QED) is 0.809. The number of nitrogens with one attached hydrogen (secondary N) is 2. The Balaban J connectivity index is 2.11. The van der Waals surface area contributed by atoms with E-state index in [9.17, 15) is 17.6 Å². The summed E-state index contributed by atoms with van der Waals surface area (Å²) in [5.41, 5.74) is 0.382. The molecule has 6 nitrogen and oxygen atoms in total. The number of halogens is 1. The zero-order valence-corrected chi connectivity index (χ0v) is 11.5. The van der Waals surface area contributed by atoms with Crippen molar-refractivity contribution in [1.29, 1.82) is 0 Å². The molecule has 0 saturated carbocycles. The molecule has 0 aliphatic heterocycles. The number of para-hydroxylation sites is 1. The van der Waals surface area contributed by atoms with Crippen LogP contribution in [0, 0.1) is 5.82 Å². The Morgan fingerprint density at radius 1 is 1.05 bits per heavy atom. The van der Waals surface area contributed by atoms with Crippen molar-refractivity contribution in [2.45, 2.75) is 4.90 Å². The largest absolute Gasteiger partial charge is 0.323 e. The predicted molar refractivity (Wildman–Crippen MR) is 76.9 cm³/mol. The van der Waals surface area contributed by atoms with Crippen LogP contribution in [0.2, 0.25) is 0 Å². The molecular weight excluding hydrogens is 297 g/mol. The van der Waals surface area contributed by atoms with Crippen molar-refractivity contribution in [2.24, 2.45) is 5.14 Å². The molecule has 0 spiro atoms. The third-order valence-electron chi connectivity index (χ3n) is 2.55. The highest BCUT2D eigenvalue weighted by Gasteiger charge is 2.13. The molecule has 0 fully saturated rings. The van der Waals surface area contributed by atoms with Gasteiger partial charge in [0, 0.05) is 5.69 Å². The van der Waals surface area contributed by atoms with E-state index in [1.165, 1.54) is 0 Å². The normalized spacial score (nSPS) is 11.0. The van der Waals surface area contributed by atoms with Crippen molar-refractivity contribution in [3.63, 3.8) is 0 Å². The Labute approximate surface area is 120 Å². The summed E-state index contributed by atoms with van der Waals surface area (Å²) in [6.45, 7) is 0. The molecular formula is C13H12FN3O3S. The van der Waals surface area contributed by atoms with Gasteiger partial charge in [-0.2, -0.15) is 0 Å². The molecule has 0 atom stereocenters. The molecule has 110 valence electrons. The van der Waals surface area contributed by atoms with Gasteiger partial charge in [0.05, 0.1) is 10.6 Å². The lowest BCUT2D eigenvalue weighted by Gasteiger charge is -2.09. The Kier molecular flexibility index (Phi) is 4.20. The smallest absolute Gasteiger partial charge is 0.308 e. The van der Waals surface area contributed by atoms with Crippen LogP contribution in [0.3, 0.4) is 0 Å². The third kappa shape index (κ3) is 4.01. The van der Waals surface area contributed by atoms with Crippen molar-refractivity contribution in [2.75, 3.05) is 10.6 Å². The molecule has 2 aromatic carbocycles. The highest BCUT2D eigenvalue weighted by Crippen LogP contribution is 2.18. The van der Waals surface area contributed by atoms with E-state index in [-0.39, 0.29) is 10.6 Å². The van der Waals surface area contributed by atoms with Gasteiger partial charge in [0.1, 0.15) is 5.82 Å². The fourth-order valence-corrected chi connectivity index (χ4v) is 2.11. The van der Waals surface area contributed by atoms with Crippen LogP contribution in [0.15, 0.2) is 53.4 Å². The number of hydrogen-bond donors (Lipinski definition) is 3. The second kappa shape index (κ2) is 5.90. The van der Waals surface area contributed by atoms with E-state index in [1.54, 1.807) is 30.3 Å². The zero-order valence-electron chi connectivity index (χ0n) is 10.7. The van der Waals surface area contributed by atoms with E-state index in [0.717, 1.165) is 18.2 Å².